The lowest BCUT2D eigenvalue weighted by Gasteiger charge is -2.08. The van der Waals surface area contributed by atoms with E-state index in [1.807, 2.05) is 54.6 Å². The zero-order valence-electron chi connectivity index (χ0n) is 15.7. The van der Waals surface area contributed by atoms with Gasteiger partial charge >= 0.3 is 18.1 Å². The quantitative estimate of drug-likeness (QED) is 0.370. The standard InChI is InChI=1S/C21H22F3NO4/c22-21(23,24)20(27)29-19(26)11-14-25-13-10-17-6-8-18(9-7-17)28-15-12-16-4-2-1-3-5-16/h1-9,25H,10-15H2. The van der Waals surface area contributed by atoms with Crippen LogP contribution in [-0.2, 0) is 27.2 Å². The highest BCUT2D eigenvalue weighted by molar-refractivity contribution is 5.88. The van der Waals surface area contributed by atoms with Crippen LogP contribution in [0.4, 0.5) is 13.2 Å². The fraction of sp³-hybridized carbons (Fsp3) is 0.333. The first-order valence-electron chi connectivity index (χ1n) is 9.13. The van der Waals surface area contributed by atoms with Gasteiger partial charge in [0, 0.05) is 13.0 Å². The van der Waals surface area contributed by atoms with E-state index in [-0.39, 0.29) is 13.0 Å². The maximum absolute atomic E-state index is 12.0. The maximum atomic E-state index is 12.0. The summed E-state index contributed by atoms with van der Waals surface area (Å²) in [6.07, 6.45) is -4.00. The number of rotatable bonds is 10. The molecule has 0 aliphatic carbocycles. The summed E-state index contributed by atoms with van der Waals surface area (Å²) < 4.78 is 45.3. The van der Waals surface area contributed by atoms with Gasteiger partial charge in [0.2, 0.25) is 0 Å². The molecule has 0 heterocycles. The SMILES string of the molecule is O=C(CCNCCc1ccc(OCCc2ccccc2)cc1)OC(=O)C(F)(F)F. The zero-order chi connectivity index (χ0) is 21.1. The molecule has 0 amide bonds. The number of halogens is 3. The van der Waals surface area contributed by atoms with Crippen molar-refractivity contribution in [1.82, 2.24) is 5.32 Å². The minimum atomic E-state index is -5.17. The van der Waals surface area contributed by atoms with E-state index in [1.54, 1.807) is 0 Å². The fourth-order valence-electron chi connectivity index (χ4n) is 2.44. The second-order valence-corrected chi connectivity index (χ2v) is 6.24. The van der Waals surface area contributed by atoms with Crippen LogP contribution in [-0.4, -0.2) is 37.8 Å². The van der Waals surface area contributed by atoms with Gasteiger partial charge in [-0.1, -0.05) is 42.5 Å². The van der Waals surface area contributed by atoms with Gasteiger partial charge in [-0.15, -0.1) is 0 Å². The van der Waals surface area contributed by atoms with E-state index in [1.165, 1.54) is 5.56 Å². The van der Waals surface area contributed by atoms with Crippen molar-refractivity contribution in [3.8, 4) is 5.75 Å². The Bertz CT molecular complexity index is 777. The molecule has 0 bridgehead atoms. The second kappa shape index (κ2) is 11.2. The normalized spacial score (nSPS) is 11.1. The van der Waals surface area contributed by atoms with Crippen LogP contribution in [0.3, 0.4) is 0 Å². The van der Waals surface area contributed by atoms with E-state index in [9.17, 15) is 22.8 Å². The van der Waals surface area contributed by atoms with Crippen molar-refractivity contribution in [1.29, 1.82) is 0 Å². The third-order valence-electron chi connectivity index (χ3n) is 3.96. The van der Waals surface area contributed by atoms with Crippen molar-refractivity contribution < 1.29 is 32.2 Å². The highest BCUT2D eigenvalue weighted by Crippen LogP contribution is 2.16. The van der Waals surface area contributed by atoms with E-state index in [0.717, 1.165) is 17.7 Å². The van der Waals surface area contributed by atoms with Crippen LogP contribution in [0.25, 0.3) is 0 Å². The summed E-state index contributed by atoms with van der Waals surface area (Å²) in [5.74, 6) is -2.93. The molecule has 0 spiro atoms. The van der Waals surface area contributed by atoms with Gasteiger partial charge in [-0.05, 0) is 36.2 Å². The summed E-state index contributed by atoms with van der Waals surface area (Å²) >= 11 is 0. The molecule has 0 radical (unpaired) electrons. The molecule has 1 N–H and O–H groups in total. The molecule has 0 saturated heterocycles. The van der Waals surface area contributed by atoms with Gasteiger partial charge in [-0.2, -0.15) is 13.2 Å². The summed E-state index contributed by atoms with van der Waals surface area (Å²) in [5.41, 5.74) is 2.25. The lowest BCUT2D eigenvalue weighted by Crippen LogP contribution is -2.29. The topological polar surface area (TPSA) is 64.6 Å². The first-order valence-corrected chi connectivity index (χ1v) is 9.13. The van der Waals surface area contributed by atoms with Gasteiger partial charge in [-0.3, -0.25) is 4.79 Å². The van der Waals surface area contributed by atoms with Crippen molar-refractivity contribution in [3.05, 3.63) is 65.7 Å². The molecule has 0 atom stereocenters. The number of esters is 2. The molecule has 8 heteroatoms. The molecule has 2 rings (SSSR count). The number of hydrogen-bond acceptors (Lipinski definition) is 5. The van der Waals surface area contributed by atoms with Crippen molar-refractivity contribution in [2.45, 2.75) is 25.4 Å². The van der Waals surface area contributed by atoms with E-state index >= 15 is 0 Å². The van der Waals surface area contributed by atoms with Crippen molar-refractivity contribution in [3.63, 3.8) is 0 Å². The molecule has 156 valence electrons. The molecule has 0 aliphatic rings. The third kappa shape index (κ3) is 8.78. The van der Waals surface area contributed by atoms with E-state index < -0.39 is 18.1 Å². The Morgan fingerprint density at radius 2 is 1.52 bits per heavy atom. The Labute approximate surface area is 166 Å². The number of carbonyl (C=O) groups is 2. The number of alkyl halides is 3. The fourth-order valence-corrected chi connectivity index (χ4v) is 2.44. The minimum absolute atomic E-state index is 0.116. The molecular formula is C21H22F3NO4. The summed E-state index contributed by atoms with van der Waals surface area (Å²) in [4.78, 5) is 21.7. The number of hydrogen-bond donors (Lipinski definition) is 1. The summed E-state index contributed by atoms with van der Waals surface area (Å²) in [6.45, 7) is 1.22. The highest BCUT2D eigenvalue weighted by atomic mass is 19.4. The van der Waals surface area contributed by atoms with Gasteiger partial charge < -0.3 is 14.8 Å². The van der Waals surface area contributed by atoms with Crippen LogP contribution in [0.1, 0.15) is 17.5 Å². The van der Waals surface area contributed by atoms with Gasteiger partial charge in [0.05, 0.1) is 13.0 Å². The largest absolute Gasteiger partial charge is 0.493 e. The molecule has 0 saturated carbocycles. The Hall–Kier alpha value is -2.87. The summed E-state index contributed by atoms with van der Waals surface area (Å²) in [6, 6.07) is 17.7. The Kier molecular flexibility index (Phi) is 8.67. The Morgan fingerprint density at radius 3 is 2.17 bits per heavy atom. The van der Waals surface area contributed by atoms with Crippen LogP contribution in [0.5, 0.6) is 5.75 Å². The first kappa shape index (κ1) is 22.4. The van der Waals surface area contributed by atoms with Crippen molar-refractivity contribution >= 4 is 11.9 Å². The van der Waals surface area contributed by atoms with E-state index in [0.29, 0.717) is 19.6 Å². The molecule has 0 unspecified atom stereocenters. The predicted molar refractivity (Wildman–Crippen MR) is 100 cm³/mol. The van der Waals surface area contributed by atoms with Crippen molar-refractivity contribution in [2.24, 2.45) is 0 Å². The first-order chi connectivity index (χ1) is 13.8. The van der Waals surface area contributed by atoms with Gasteiger partial charge in [0.25, 0.3) is 0 Å². The maximum Gasteiger partial charge on any atom is 0.491 e. The molecule has 0 aromatic heterocycles. The van der Waals surface area contributed by atoms with Crippen molar-refractivity contribution in [2.75, 3.05) is 19.7 Å². The Morgan fingerprint density at radius 1 is 0.862 bits per heavy atom. The van der Waals surface area contributed by atoms with Crippen LogP contribution < -0.4 is 10.1 Å². The minimum Gasteiger partial charge on any atom is -0.493 e. The average Bonchev–Trinajstić information content (AvgIpc) is 2.69. The smallest absolute Gasteiger partial charge is 0.491 e. The van der Waals surface area contributed by atoms with Gasteiger partial charge in [0.15, 0.2) is 0 Å². The average molecular weight is 409 g/mol. The lowest BCUT2D eigenvalue weighted by molar-refractivity contribution is -0.201. The number of carbonyl (C=O) groups excluding carboxylic acids is 2. The van der Waals surface area contributed by atoms with E-state index in [2.05, 4.69) is 10.1 Å². The monoisotopic (exact) mass is 409 g/mol. The third-order valence-corrected chi connectivity index (χ3v) is 3.96. The van der Waals surface area contributed by atoms with Crippen LogP contribution >= 0.6 is 0 Å². The summed E-state index contributed by atoms with van der Waals surface area (Å²) in [7, 11) is 0. The zero-order valence-corrected chi connectivity index (χ0v) is 15.7. The highest BCUT2D eigenvalue weighted by Gasteiger charge is 2.42. The molecule has 0 fully saturated rings. The summed E-state index contributed by atoms with van der Waals surface area (Å²) in [5, 5.41) is 2.92. The molecule has 5 nitrogen and oxygen atoms in total. The second-order valence-electron chi connectivity index (χ2n) is 6.24. The molecule has 2 aromatic rings. The van der Waals surface area contributed by atoms with Crippen LogP contribution in [0.2, 0.25) is 0 Å². The number of ether oxygens (including phenoxy) is 2. The van der Waals surface area contributed by atoms with Crippen LogP contribution in [0, 0.1) is 0 Å². The number of nitrogens with one attached hydrogen (secondary N) is 1. The molecular weight excluding hydrogens is 387 g/mol. The predicted octanol–water partition coefficient (Wildman–Crippen LogP) is 3.46. The van der Waals surface area contributed by atoms with Gasteiger partial charge in [-0.25, -0.2) is 4.79 Å². The molecule has 29 heavy (non-hydrogen) atoms. The van der Waals surface area contributed by atoms with E-state index in [4.69, 9.17) is 4.74 Å². The van der Waals surface area contributed by atoms with Crippen LogP contribution in [0.15, 0.2) is 54.6 Å². The Balaban J connectivity index is 1.59. The molecule has 2 aromatic carbocycles. The lowest BCUT2D eigenvalue weighted by atomic mass is 10.1. The van der Waals surface area contributed by atoms with Gasteiger partial charge in [0.1, 0.15) is 5.75 Å². The number of benzene rings is 2. The molecule has 0 aliphatic heterocycles.